The highest BCUT2D eigenvalue weighted by Crippen LogP contribution is 2.21. The third kappa shape index (κ3) is 4.56. The molecule has 0 fully saturated rings. The van der Waals surface area contributed by atoms with E-state index in [0.717, 1.165) is 15.7 Å². The van der Waals surface area contributed by atoms with Gasteiger partial charge in [-0.1, -0.05) is 12.1 Å². The quantitative estimate of drug-likeness (QED) is 0.414. The van der Waals surface area contributed by atoms with Gasteiger partial charge >= 0.3 is 5.69 Å². The van der Waals surface area contributed by atoms with Gasteiger partial charge in [-0.2, -0.15) is 4.98 Å². The van der Waals surface area contributed by atoms with Crippen molar-refractivity contribution < 1.29 is 14.2 Å². The second kappa shape index (κ2) is 9.78. The lowest BCUT2D eigenvalue weighted by molar-refractivity contribution is 0.277. The van der Waals surface area contributed by atoms with Crippen LogP contribution in [0.1, 0.15) is 24.5 Å². The second-order valence-electron chi connectivity index (χ2n) is 7.47. The number of hydrogen-bond acceptors (Lipinski definition) is 6. The highest BCUT2D eigenvalue weighted by molar-refractivity contribution is 5.72. The van der Waals surface area contributed by atoms with E-state index < -0.39 is 11.2 Å². The number of aliphatic hydroxyl groups is 1. The predicted octanol–water partition coefficient (Wildman–Crippen LogP) is 1.77. The number of aliphatic hydroxyl groups excluding tert-OH is 1. The first-order chi connectivity index (χ1) is 16.0. The number of rotatable bonds is 9. The van der Waals surface area contributed by atoms with Crippen LogP contribution in [0.15, 0.2) is 58.4 Å². The summed E-state index contributed by atoms with van der Waals surface area (Å²) in [6.07, 6.45) is 3.50. The summed E-state index contributed by atoms with van der Waals surface area (Å²) < 4.78 is 23.2. The Kier molecular flexibility index (Phi) is 6.64. The smallest absolute Gasteiger partial charge is 0.333 e. The Morgan fingerprint density at radius 1 is 0.970 bits per heavy atom. The largest absolute Gasteiger partial charge is 0.465 e. The van der Waals surface area contributed by atoms with Gasteiger partial charge in [0.15, 0.2) is 11.2 Å². The lowest BCUT2D eigenvalue weighted by atomic mass is 10.2. The van der Waals surface area contributed by atoms with Crippen LogP contribution in [0.2, 0.25) is 0 Å². The second-order valence-corrected chi connectivity index (χ2v) is 7.47. The first kappa shape index (κ1) is 22.4. The van der Waals surface area contributed by atoms with E-state index in [4.69, 9.17) is 4.74 Å². The molecular weight excluding hydrogens is 429 g/mol. The van der Waals surface area contributed by atoms with Gasteiger partial charge in [0.05, 0.1) is 19.7 Å². The normalized spacial score (nSPS) is 11.2. The van der Waals surface area contributed by atoms with Crippen LogP contribution >= 0.6 is 0 Å². The van der Waals surface area contributed by atoms with E-state index in [0.29, 0.717) is 6.61 Å². The van der Waals surface area contributed by atoms with E-state index in [9.17, 15) is 19.1 Å². The minimum Gasteiger partial charge on any atom is -0.465 e. The summed E-state index contributed by atoms with van der Waals surface area (Å²) in [4.78, 5) is 35.2. The highest BCUT2D eigenvalue weighted by atomic mass is 19.1. The van der Waals surface area contributed by atoms with E-state index in [-0.39, 0.29) is 55.7 Å². The molecule has 10 heteroatoms. The molecule has 0 amide bonds. The van der Waals surface area contributed by atoms with Gasteiger partial charge in [0.2, 0.25) is 0 Å². The predicted molar refractivity (Wildman–Crippen MR) is 120 cm³/mol. The number of aromatic nitrogens is 5. The highest BCUT2D eigenvalue weighted by Gasteiger charge is 2.22. The molecule has 172 valence electrons. The molecular formula is C23H24FN5O4. The fraction of sp³-hybridized carbons (Fsp3) is 0.304. The molecule has 4 aromatic rings. The first-order valence-electron chi connectivity index (χ1n) is 10.6. The Bertz CT molecular complexity index is 1360. The number of nitrogens with zero attached hydrogens (tertiary/aromatic N) is 5. The summed E-state index contributed by atoms with van der Waals surface area (Å²) >= 11 is 0. The van der Waals surface area contributed by atoms with E-state index in [1.807, 2.05) is 0 Å². The van der Waals surface area contributed by atoms with Gasteiger partial charge in [0, 0.05) is 25.5 Å². The molecule has 0 radical (unpaired) electrons. The van der Waals surface area contributed by atoms with Crippen molar-refractivity contribution in [2.24, 2.45) is 0 Å². The summed E-state index contributed by atoms with van der Waals surface area (Å²) in [6.45, 7) is 2.38. The molecule has 0 saturated heterocycles. The van der Waals surface area contributed by atoms with Crippen LogP contribution in [0.4, 0.5) is 4.39 Å². The fourth-order valence-corrected chi connectivity index (χ4v) is 3.67. The minimum atomic E-state index is -0.521. The van der Waals surface area contributed by atoms with Gasteiger partial charge in [0.1, 0.15) is 5.82 Å². The van der Waals surface area contributed by atoms with Crippen LogP contribution in [0.25, 0.3) is 11.2 Å². The topological polar surface area (TPSA) is 104 Å². The van der Waals surface area contributed by atoms with Crippen molar-refractivity contribution >= 4 is 11.2 Å². The first-order valence-corrected chi connectivity index (χ1v) is 10.6. The molecule has 3 heterocycles. The molecule has 1 N–H and O–H groups in total. The van der Waals surface area contributed by atoms with Crippen LogP contribution in [-0.4, -0.2) is 42.0 Å². The zero-order valence-corrected chi connectivity index (χ0v) is 18.1. The maximum atomic E-state index is 13.4. The molecule has 0 aliphatic rings. The van der Waals surface area contributed by atoms with Crippen LogP contribution in [0.3, 0.4) is 0 Å². The van der Waals surface area contributed by atoms with Gasteiger partial charge in [0.25, 0.3) is 11.6 Å². The van der Waals surface area contributed by atoms with E-state index in [2.05, 4.69) is 9.97 Å². The van der Waals surface area contributed by atoms with Gasteiger partial charge in [-0.15, -0.1) is 0 Å². The lowest BCUT2D eigenvalue weighted by Crippen LogP contribution is -2.41. The maximum absolute atomic E-state index is 13.4. The van der Waals surface area contributed by atoms with Crippen molar-refractivity contribution in [1.82, 2.24) is 23.7 Å². The van der Waals surface area contributed by atoms with E-state index in [1.165, 1.54) is 16.7 Å². The van der Waals surface area contributed by atoms with Gasteiger partial charge < -0.3 is 9.84 Å². The van der Waals surface area contributed by atoms with Crippen LogP contribution in [0, 0.1) is 5.82 Å². The summed E-state index contributed by atoms with van der Waals surface area (Å²) in [7, 11) is 0. The van der Waals surface area contributed by atoms with Crippen LogP contribution < -0.4 is 16.0 Å². The summed E-state index contributed by atoms with van der Waals surface area (Å²) in [5.41, 5.74) is 0.917. The SMILES string of the molecule is CCOc1nc2c(c(=O)n(CCCO)c(=O)n2Cc2ccncc2)n1Cc1ccc(F)cc1. The molecule has 33 heavy (non-hydrogen) atoms. The zero-order valence-electron chi connectivity index (χ0n) is 18.1. The molecule has 0 unspecified atom stereocenters. The maximum Gasteiger partial charge on any atom is 0.333 e. The lowest BCUT2D eigenvalue weighted by Gasteiger charge is -2.13. The Morgan fingerprint density at radius 3 is 2.30 bits per heavy atom. The molecule has 1 aromatic carbocycles. The minimum absolute atomic E-state index is 0.0617. The average Bonchev–Trinajstić information content (AvgIpc) is 3.17. The fourth-order valence-electron chi connectivity index (χ4n) is 3.67. The Morgan fingerprint density at radius 2 is 1.64 bits per heavy atom. The van der Waals surface area contributed by atoms with E-state index >= 15 is 0 Å². The molecule has 3 aromatic heterocycles. The Labute approximate surface area is 188 Å². The molecule has 0 bridgehead atoms. The average molecular weight is 453 g/mol. The number of ether oxygens (including phenoxy) is 1. The van der Waals surface area contributed by atoms with E-state index in [1.54, 1.807) is 48.1 Å². The molecule has 0 aliphatic heterocycles. The summed E-state index contributed by atoms with van der Waals surface area (Å²) in [6, 6.07) is 9.67. The van der Waals surface area contributed by atoms with Crippen LogP contribution in [-0.2, 0) is 19.6 Å². The molecule has 0 saturated carbocycles. The van der Waals surface area contributed by atoms with Crippen molar-refractivity contribution in [3.63, 3.8) is 0 Å². The molecule has 0 spiro atoms. The van der Waals surface area contributed by atoms with Crippen molar-refractivity contribution in [1.29, 1.82) is 0 Å². The number of imidazole rings is 1. The molecule has 0 atom stereocenters. The van der Waals surface area contributed by atoms with Crippen molar-refractivity contribution in [2.75, 3.05) is 13.2 Å². The Hall–Kier alpha value is -3.79. The Balaban J connectivity index is 1.96. The van der Waals surface area contributed by atoms with Gasteiger partial charge in [-0.05, 0) is 48.7 Å². The number of benzene rings is 1. The van der Waals surface area contributed by atoms with Crippen molar-refractivity contribution in [3.8, 4) is 6.01 Å². The molecule has 4 rings (SSSR count). The van der Waals surface area contributed by atoms with Crippen molar-refractivity contribution in [3.05, 3.63) is 86.6 Å². The number of pyridine rings is 1. The summed E-state index contributed by atoms with van der Waals surface area (Å²) in [5.74, 6) is -0.364. The number of hydrogen-bond donors (Lipinski definition) is 1. The summed E-state index contributed by atoms with van der Waals surface area (Å²) in [5, 5.41) is 9.27. The molecule has 0 aliphatic carbocycles. The van der Waals surface area contributed by atoms with Crippen molar-refractivity contribution in [2.45, 2.75) is 33.0 Å². The third-order valence-corrected chi connectivity index (χ3v) is 5.24. The zero-order chi connectivity index (χ0) is 23.4. The van der Waals surface area contributed by atoms with Gasteiger partial charge in [-0.3, -0.25) is 23.5 Å². The standard InChI is InChI=1S/C23H24FN5O4/c1-2-33-22-26-20-19(28(22)14-16-4-6-18(24)7-5-16)21(31)27(12-3-13-30)23(32)29(20)15-17-8-10-25-11-9-17/h4-11,30H,2-3,12-15H2,1H3. The van der Waals surface area contributed by atoms with Gasteiger partial charge in [-0.25, -0.2) is 9.18 Å². The van der Waals surface area contributed by atoms with Crippen LogP contribution in [0.5, 0.6) is 6.01 Å². The third-order valence-electron chi connectivity index (χ3n) is 5.24. The monoisotopic (exact) mass is 453 g/mol. The number of halogens is 1. The number of fused-ring (bicyclic) bond motifs is 1. The molecule has 9 nitrogen and oxygen atoms in total.